The Bertz CT molecular complexity index is 947. The highest BCUT2D eigenvalue weighted by Gasteiger charge is 2.58. The Balaban J connectivity index is 1.66. The number of esters is 1. The largest absolute Gasteiger partial charge is 0.457 e. The van der Waals surface area contributed by atoms with Crippen LogP contribution in [0.1, 0.15) is 38.9 Å². The highest BCUT2D eigenvalue weighted by atomic mass is 16.6. The third kappa shape index (κ3) is 5.00. The standard InChI is InChI=1S/C24H26N2O4/c1-4-13-28-26-16-20-22(24(20,2)3)23(27)30-21(15-25)17-9-8-12-19(14-17)29-18-10-6-5-7-11-18/h5-12,14,16,21-22,26H,4,13H2,1-3H3/t21?,22-/m0/s1. The van der Waals surface area contributed by atoms with Gasteiger partial charge < -0.3 is 9.47 Å². The average molecular weight is 406 g/mol. The smallest absolute Gasteiger partial charge is 0.315 e. The number of hydroxylamine groups is 1. The summed E-state index contributed by atoms with van der Waals surface area (Å²) in [5.74, 6) is 0.423. The minimum absolute atomic E-state index is 0.335. The van der Waals surface area contributed by atoms with E-state index >= 15 is 0 Å². The summed E-state index contributed by atoms with van der Waals surface area (Å²) in [6.45, 7) is 6.51. The van der Waals surface area contributed by atoms with Crippen molar-refractivity contribution in [3.8, 4) is 17.6 Å². The Labute approximate surface area is 177 Å². The molecule has 0 saturated heterocycles. The van der Waals surface area contributed by atoms with Crippen molar-refractivity contribution in [1.82, 2.24) is 5.48 Å². The van der Waals surface area contributed by atoms with E-state index in [1.807, 2.05) is 51.1 Å². The monoisotopic (exact) mass is 406 g/mol. The summed E-state index contributed by atoms with van der Waals surface area (Å²) in [6, 6.07) is 18.4. The number of ether oxygens (including phenoxy) is 2. The Morgan fingerprint density at radius 1 is 1.20 bits per heavy atom. The molecule has 0 aromatic heterocycles. The number of nitrogens with one attached hydrogen (secondary N) is 1. The van der Waals surface area contributed by atoms with Gasteiger partial charge in [0, 0.05) is 17.2 Å². The van der Waals surface area contributed by atoms with E-state index in [0.29, 0.717) is 23.7 Å². The zero-order chi connectivity index (χ0) is 21.6. The van der Waals surface area contributed by atoms with Crippen molar-refractivity contribution in [2.24, 2.45) is 11.3 Å². The predicted molar refractivity (Wildman–Crippen MR) is 112 cm³/mol. The summed E-state index contributed by atoms with van der Waals surface area (Å²) in [7, 11) is 0. The van der Waals surface area contributed by atoms with Gasteiger partial charge in [-0.3, -0.25) is 15.1 Å². The third-order valence-electron chi connectivity index (χ3n) is 5.02. The van der Waals surface area contributed by atoms with E-state index in [2.05, 4.69) is 11.5 Å². The minimum Gasteiger partial charge on any atom is -0.457 e. The van der Waals surface area contributed by atoms with E-state index in [1.54, 1.807) is 30.5 Å². The maximum Gasteiger partial charge on any atom is 0.315 e. The summed E-state index contributed by atoms with van der Waals surface area (Å²) >= 11 is 0. The van der Waals surface area contributed by atoms with E-state index < -0.39 is 18.0 Å². The van der Waals surface area contributed by atoms with Crippen molar-refractivity contribution in [2.45, 2.75) is 33.3 Å². The van der Waals surface area contributed by atoms with Crippen LogP contribution in [-0.4, -0.2) is 12.6 Å². The second kappa shape index (κ2) is 9.47. The normalized spacial score (nSPS) is 18.9. The van der Waals surface area contributed by atoms with Crippen LogP contribution in [0.15, 0.2) is 66.4 Å². The van der Waals surface area contributed by atoms with Gasteiger partial charge in [0.1, 0.15) is 17.6 Å². The van der Waals surface area contributed by atoms with Crippen LogP contribution in [-0.2, 0) is 14.4 Å². The molecule has 1 aliphatic carbocycles. The number of rotatable bonds is 9. The molecule has 1 saturated carbocycles. The van der Waals surface area contributed by atoms with Gasteiger partial charge in [0.05, 0.1) is 12.5 Å². The molecule has 2 atom stereocenters. The lowest BCUT2D eigenvalue weighted by Gasteiger charge is -2.13. The van der Waals surface area contributed by atoms with Gasteiger partial charge in [0.2, 0.25) is 6.10 Å². The Hall–Kier alpha value is -3.30. The molecular weight excluding hydrogens is 380 g/mol. The SMILES string of the molecule is CCCONC=C1[C@@H](C(=O)OC(C#N)c2cccc(Oc3ccccc3)c2)C1(C)C. The van der Waals surface area contributed by atoms with Crippen molar-refractivity contribution in [2.75, 3.05) is 6.61 Å². The van der Waals surface area contributed by atoms with Gasteiger partial charge in [-0.25, -0.2) is 0 Å². The number of carbonyl (C=O) groups excluding carboxylic acids is 1. The van der Waals surface area contributed by atoms with Crippen molar-refractivity contribution >= 4 is 5.97 Å². The summed E-state index contributed by atoms with van der Waals surface area (Å²) in [5.41, 5.74) is 3.88. The highest BCUT2D eigenvalue weighted by molar-refractivity contribution is 5.84. The number of hydrogen-bond acceptors (Lipinski definition) is 6. The Morgan fingerprint density at radius 2 is 1.93 bits per heavy atom. The van der Waals surface area contributed by atoms with Crippen molar-refractivity contribution in [3.63, 3.8) is 0 Å². The van der Waals surface area contributed by atoms with Crippen molar-refractivity contribution in [3.05, 3.63) is 71.9 Å². The first-order valence-corrected chi connectivity index (χ1v) is 9.98. The Morgan fingerprint density at radius 3 is 2.63 bits per heavy atom. The lowest BCUT2D eigenvalue weighted by Crippen LogP contribution is -2.14. The molecule has 0 radical (unpaired) electrons. The summed E-state index contributed by atoms with van der Waals surface area (Å²) in [4.78, 5) is 18.0. The number of hydrogen-bond donors (Lipinski definition) is 1. The van der Waals surface area contributed by atoms with Crippen molar-refractivity contribution < 1.29 is 19.1 Å². The molecule has 0 amide bonds. The van der Waals surface area contributed by atoms with Gasteiger partial charge in [-0.05, 0) is 36.3 Å². The molecule has 6 heteroatoms. The first-order chi connectivity index (χ1) is 14.5. The molecule has 1 unspecified atom stereocenters. The molecule has 6 nitrogen and oxygen atoms in total. The van der Waals surface area contributed by atoms with Crippen LogP contribution in [0.5, 0.6) is 11.5 Å². The van der Waals surface area contributed by atoms with Crippen LogP contribution in [0.2, 0.25) is 0 Å². The van der Waals surface area contributed by atoms with Crippen LogP contribution < -0.4 is 10.2 Å². The van der Waals surface area contributed by atoms with E-state index in [1.165, 1.54) is 0 Å². The summed E-state index contributed by atoms with van der Waals surface area (Å²) in [6.07, 6.45) is 1.58. The fraction of sp³-hybridized carbons (Fsp3) is 0.333. The maximum atomic E-state index is 12.7. The molecule has 1 N–H and O–H groups in total. The number of nitriles is 1. The molecule has 30 heavy (non-hydrogen) atoms. The molecule has 0 aliphatic heterocycles. The molecule has 3 rings (SSSR count). The molecule has 1 aliphatic rings. The van der Waals surface area contributed by atoms with Gasteiger partial charge in [0.15, 0.2) is 0 Å². The maximum absolute atomic E-state index is 12.7. The number of benzene rings is 2. The quantitative estimate of drug-likeness (QED) is 0.356. The topological polar surface area (TPSA) is 80.6 Å². The zero-order valence-corrected chi connectivity index (χ0v) is 17.4. The van der Waals surface area contributed by atoms with Gasteiger partial charge in [-0.1, -0.05) is 51.1 Å². The molecule has 2 aromatic carbocycles. The molecule has 1 fully saturated rings. The Kier molecular flexibility index (Phi) is 6.76. The van der Waals surface area contributed by atoms with Crippen LogP contribution in [0.25, 0.3) is 0 Å². The minimum atomic E-state index is -1.02. The lowest BCUT2D eigenvalue weighted by atomic mass is 10.1. The van der Waals surface area contributed by atoms with Gasteiger partial charge >= 0.3 is 5.97 Å². The fourth-order valence-corrected chi connectivity index (χ4v) is 3.26. The first-order valence-electron chi connectivity index (χ1n) is 9.98. The second-order valence-corrected chi connectivity index (χ2v) is 7.65. The molecular formula is C24H26N2O4. The van der Waals surface area contributed by atoms with E-state index in [9.17, 15) is 10.1 Å². The molecule has 0 spiro atoms. The van der Waals surface area contributed by atoms with Gasteiger partial charge in [-0.2, -0.15) is 5.26 Å². The summed E-state index contributed by atoms with van der Waals surface area (Å²) < 4.78 is 11.4. The number of para-hydroxylation sites is 1. The molecule has 2 aromatic rings. The van der Waals surface area contributed by atoms with E-state index in [4.69, 9.17) is 14.3 Å². The van der Waals surface area contributed by atoms with E-state index in [0.717, 1.165) is 12.0 Å². The zero-order valence-electron chi connectivity index (χ0n) is 17.4. The van der Waals surface area contributed by atoms with Crippen LogP contribution in [0, 0.1) is 22.7 Å². The predicted octanol–water partition coefficient (Wildman–Crippen LogP) is 5.06. The molecule has 0 bridgehead atoms. The average Bonchev–Trinajstić information content (AvgIpc) is 3.30. The van der Waals surface area contributed by atoms with Gasteiger partial charge in [-0.15, -0.1) is 0 Å². The van der Waals surface area contributed by atoms with E-state index in [-0.39, 0.29) is 5.41 Å². The molecule has 156 valence electrons. The first kappa shape index (κ1) is 21.4. The fourth-order valence-electron chi connectivity index (χ4n) is 3.26. The number of nitrogens with zero attached hydrogens (tertiary/aromatic N) is 1. The van der Waals surface area contributed by atoms with Crippen LogP contribution in [0.4, 0.5) is 0 Å². The van der Waals surface area contributed by atoms with Crippen molar-refractivity contribution in [1.29, 1.82) is 5.26 Å². The number of carbonyl (C=O) groups is 1. The lowest BCUT2D eigenvalue weighted by molar-refractivity contribution is -0.149. The van der Waals surface area contributed by atoms with Crippen LogP contribution in [0.3, 0.4) is 0 Å². The third-order valence-corrected chi connectivity index (χ3v) is 5.02. The van der Waals surface area contributed by atoms with Crippen LogP contribution >= 0.6 is 0 Å². The molecule has 0 heterocycles. The second-order valence-electron chi connectivity index (χ2n) is 7.65. The van der Waals surface area contributed by atoms with Gasteiger partial charge in [0.25, 0.3) is 0 Å². The highest BCUT2D eigenvalue weighted by Crippen LogP contribution is 2.58. The summed E-state index contributed by atoms with van der Waals surface area (Å²) in [5, 5.41) is 9.59.